The Kier molecular flexibility index (Phi) is 4.82. The van der Waals surface area contributed by atoms with Crippen LogP contribution in [0.25, 0.3) is 0 Å². The first kappa shape index (κ1) is 16.5. The van der Waals surface area contributed by atoms with E-state index in [-0.39, 0.29) is 0 Å². The van der Waals surface area contributed by atoms with E-state index < -0.39 is 10.0 Å². The van der Waals surface area contributed by atoms with Crippen molar-refractivity contribution in [1.29, 1.82) is 0 Å². The maximum absolute atomic E-state index is 12.3. The number of nitrogens with zero attached hydrogens (tertiary/aromatic N) is 1. The fourth-order valence-electron chi connectivity index (χ4n) is 2.11. The predicted molar refractivity (Wildman–Crippen MR) is 97.9 cm³/mol. The molecular weight excluding hydrogens is 342 g/mol. The summed E-state index contributed by atoms with van der Waals surface area (Å²) in [5, 5.41) is 3.20. The van der Waals surface area contributed by atoms with Crippen molar-refractivity contribution in [2.45, 2.75) is 17.7 Å². The number of benzene rings is 1. The van der Waals surface area contributed by atoms with Crippen molar-refractivity contribution in [3.8, 4) is 0 Å². The van der Waals surface area contributed by atoms with Crippen molar-refractivity contribution >= 4 is 32.9 Å². The van der Waals surface area contributed by atoms with Crippen molar-refractivity contribution in [2.75, 3.05) is 10.0 Å². The third-order valence-corrected chi connectivity index (χ3v) is 6.19. The van der Waals surface area contributed by atoms with Crippen LogP contribution < -0.4 is 10.0 Å². The molecule has 0 saturated carbocycles. The molecule has 0 radical (unpaired) electrons. The first-order chi connectivity index (χ1) is 11.5. The van der Waals surface area contributed by atoms with Crippen molar-refractivity contribution in [3.05, 3.63) is 71.2 Å². The predicted octanol–water partition coefficient (Wildman–Crippen LogP) is 3.86. The van der Waals surface area contributed by atoms with Gasteiger partial charge in [-0.3, -0.25) is 4.72 Å². The molecule has 0 aliphatic carbocycles. The second-order valence-corrected chi connectivity index (χ2v) is 8.44. The van der Waals surface area contributed by atoms with Gasteiger partial charge in [0.2, 0.25) is 0 Å². The summed E-state index contributed by atoms with van der Waals surface area (Å²) in [6.45, 7) is 2.53. The van der Waals surface area contributed by atoms with E-state index >= 15 is 0 Å². The number of aryl methyl sites for hydroxylation is 1. The Morgan fingerprint density at radius 3 is 2.46 bits per heavy atom. The van der Waals surface area contributed by atoms with Gasteiger partial charge in [-0.05, 0) is 36.8 Å². The van der Waals surface area contributed by atoms with Crippen LogP contribution in [0.3, 0.4) is 0 Å². The van der Waals surface area contributed by atoms with Crippen LogP contribution in [0.5, 0.6) is 0 Å². The maximum atomic E-state index is 12.3. The van der Waals surface area contributed by atoms with Crippen molar-refractivity contribution in [1.82, 2.24) is 4.98 Å². The molecule has 3 aromatic rings. The molecule has 0 aliphatic rings. The van der Waals surface area contributed by atoms with Gasteiger partial charge < -0.3 is 5.32 Å². The summed E-state index contributed by atoms with van der Waals surface area (Å²) in [6.07, 6.45) is 1.51. The Balaban J connectivity index is 1.64. The molecule has 124 valence electrons. The minimum Gasteiger partial charge on any atom is -0.366 e. The zero-order valence-corrected chi connectivity index (χ0v) is 14.7. The fourth-order valence-corrected chi connectivity index (χ4v) is 4.44. The number of aromatic nitrogens is 1. The Hall–Kier alpha value is -2.38. The number of rotatable bonds is 6. The van der Waals surface area contributed by atoms with E-state index in [1.807, 2.05) is 37.3 Å². The summed E-state index contributed by atoms with van der Waals surface area (Å²) in [5.41, 5.74) is 1.59. The molecule has 0 fully saturated rings. The first-order valence-electron chi connectivity index (χ1n) is 7.36. The average Bonchev–Trinajstić information content (AvgIpc) is 3.02. The van der Waals surface area contributed by atoms with Crippen LogP contribution >= 0.6 is 11.3 Å². The monoisotopic (exact) mass is 359 g/mol. The van der Waals surface area contributed by atoms with E-state index in [1.165, 1.54) is 17.5 Å². The highest BCUT2D eigenvalue weighted by molar-refractivity contribution is 7.94. The molecule has 5 nitrogen and oxygen atoms in total. The average molecular weight is 359 g/mol. The van der Waals surface area contributed by atoms with Gasteiger partial charge in [0, 0.05) is 11.4 Å². The van der Waals surface area contributed by atoms with E-state index in [9.17, 15) is 8.42 Å². The zero-order chi connectivity index (χ0) is 17.0. The Labute approximate surface area is 145 Å². The number of sulfonamides is 1. The van der Waals surface area contributed by atoms with Gasteiger partial charge in [0.15, 0.2) is 0 Å². The molecule has 0 saturated heterocycles. The lowest BCUT2D eigenvalue weighted by Crippen LogP contribution is -2.11. The molecule has 0 unspecified atom stereocenters. The second-order valence-electron chi connectivity index (χ2n) is 5.24. The summed E-state index contributed by atoms with van der Waals surface area (Å²) in [5.74, 6) is 0.689. The number of thiophene rings is 1. The number of hydrogen-bond acceptors (Lipinski definition) is 5. The minimum atomic E-state index is -3.55. The van der Waals surface area contributed by atoms with Gasteiger partial charge in [0.05, 0.1) is 11.9 Å². The van der Waals surface area contributed by atoms with E-state index in [4.69, 9.17) is 0 Å². The Bertz CT molecular complexity index is 905. The summed E-state index contributed by atoms with van der Waals surface area (Å²) < 4.78 is 27.4. The van der Waals surface area contributed by atoms with Gasteiger partial charge in [0.1, 0.15) is 10.0 Å². The maximum Gasteiger partial charge on any atom is 0.271 e. The van der Waals surface area contributed by atoms with E-state index in [0.717, 1.165) is 10.4 Å². The lowest BCUT2D eigenvalue weighted by Gasteiger charge is -2.08. The topological polar surface area (TPSA) is 71.1 Å². The van der Waals surface area contributed by atoms with Crippen LogP contribution in [0.4, 0.5) is 11.5 Å². The second kappa shape index (κ2) is 7.02. The molecule has 0 spiro atoms. The fraction of sp³-hybridized carbons (Fsp3) is 0.118. The van der Waals surface area contributed by atoms with Crippen LogP contribution in [0, 0.1) is 6.92 Å². The van der Waals surface area contributed by atoms with Gasteiger partial charge in [-0.1, -0.05) is 30.3 Å². The highest BCUT2D eigenvalue weighted by atomic mass is 32.2. The highest BCUT2D eigenvalue weighted by Gasteiger charge is 2.16. The lowest BCUT2D eigenvalue weighted by molar-refractivity contribution is 0.603. The van der Waals surface area contributed by atoms with Crippen LogP contribution in [-0.2, 0) is 16.6 Å². The number of pyridine rings is 1. The number of nitrogens with one attached hydrogen (secondary N) is 2. The van der Waals surface area contributed by atoms with Gasteiger partial charge in [-0.25, -0.2) is 13.4 Å². The minimum absolute atomic E-state index is 0.297. The normalized spacial score (nSPS) is 11.2. The molecule has 7 heteroatoms. The lowest BCUT2D eigenvalue weighted by atomic mass is 10.2. The Morgan fingerprint density at radius 2 is 1.83 bits per heavy atom. The van der Waals surface area contributed by atoms with Crippen LogP contribution in [0.15, 0.2) is 65.0 Å². The molecule has 0 bridgehead atoms. The van der Waals surface area contributed by atoms with E-state index in [2.05, 4.69) is 15.0 Å². The third kappa shape index (κ3) is 4.12. The van der Waals surface area contributed by atoms with Crippen LogP contribution in [0.2, 0.25) is 0 Å². The molecule has 0 aliphatic heterocycles. The van der Waals surface area contributed by atoms with Gasteiger partial charge in [-0.2, -0.15) is 0 Å². The van der Waals surface area contributed by atoms with E-state index in [0.29, 0.717) is 22.3 Å². The molecule has 0 amide bonds. The van der Waals surface area contributed by atoms with Crippen molar-refractivity contribution in [2.24, 2.45) is 0 Å². The summed E-state index contributed by atoms with van der Waals surface area (Å²) in [7, 11) is -3.55. The molecule has 3 rings (SSSR count). The largest absolute Gasteiger partial charge is 0.366 e. The van der Waals surface area contributed by atoms with Crippen LogP contribution in [-0.4, -0.2) is 13.4 Å². The molecule has 24 heavy (non-hydrogen) atoms. The van der Waals surface area contributed by atoms with E-state index in [1.54, 1.807) is 24.3 Å². The molecule has 2 aromatic heterocycles. The third-order valence-electron chi connectivity index (χ3n) is 3.31. The van der Waals surface area contributed by atoms with Gasteiger partial charge in [-0.15, -0.1) is 11.3 Å². The highest BCUT2D eigenvalue weighted by Crippen LogP contribution is 2.23. The SMILES string of the molecule is Cc1ccc(S(=O)(=O)Nc2ccc(NCc3ccccc3)nc2)s1. The standard InChI is InChI=1S/C17H17N3O2S2/c1-13-7-10-17(23-13)24(21,22)20-15-8-9-16(19-12-15)18-11-14-5-3-2-4-6-14/h2-10,12,20H,11H2,1H3,(H,18,19). The smallest absolute Gasteiger partial charge is 0.271 e. The van der Waals surface area contributed by atoms with Gasteiger partial charge >= 0.3 is 0 Å². The number of hydrogen-bond donors (Lipinski definition) is 2. The van der Waals surface area contributed by atoms with Crippen LogP contribution in [0.1, 0.15) is 10.4 Å². The molecule has 2 heterocycles. The molecular formula is C17H17N3O2S2. The van der Waals surface area contributed by atoms with Gasteiger partial charge in [0.25, 0.3) is 10.0 Å². The van der Waals surface area contributed by atoms with Crippen molar-refractivity contribution < 1.29 is 8.42 Å². The summed E-state index contributed by atoms with van der Waals surface area (Å²) in [6, 6.07) is 16.8. The zero-order valence-electron chi connectivity index (χ0n) is 13.1. The number of anilines is 2. The summed E-state index contributed by atoms with van der Waals surface area (Å²) in [4.78, 5) is 5.19. The van der Waals surface area contributed by atoms with Crippen molar-refractivity contribution in [3.63, 3.8) is 0 Å². The quantitative estimate of drug-likeness (QED) is 0.701. The first-order valence-corrected chi connectivity index (χ1v) is 9.66. The Morgan fingerprint density at radius 1 is 1.04 bits per heavy atom. The summed E-state index contributed by atoms with van der Waals surface area (Å²) >= 11 is 1.24. The molecule has 2 N–H and O–H groups in total. The molecule has 1 aromatic carbocycles. The molecule has 0 atom stereocenters.